The van der Waals surface area contributed by atoms with E-state index in [2.05, 4.69) is 48.2 Å². The van der Waals surface area contributed by atoms with Gasteiger partial charge in [0, 0.05) is 26.2 Å². The summed E-state index contributed by atoms with van der Waals surface area (Å²) in [6.45, 7) is 4.97. The molecule has 0 unspecified atom stereocenters. The third kappa shape index (κ3) is 2.92. The molecule has 0 aliphatic rings. The van der Waals surface area contributed by atoms with Gasteiger partial charge in [0.05, 0.1) is 11.6 Å². The molecule has 1 aromatic carbocycles. The molecule has 0 radical (unpaired) electrons. The molecule has 0 saturated carbocycles. The minimum atomic E-state index is 0.493. The first kappa shape index (κ1) is 13.9. The van der Waals surface area contributed by atoms with E-state index in [0.29, 0.717) is 5.88 Å². The summed E-state index contributed by atoms with van der Waals surface area (Å²) in [5.74, 6) is 1.58. The molecule has 2 rings (SSSR count). The van der Waals surface area contributed by atoms with Crippen LogP contribution in [0.4, 0.5) is 5.82 Å². The van der Waals surface area contributed by atoms with Crippen LogP contribution in [-0.4, -0.2) is 16.8 Å². The van der Waals surface area contributed by atoms with E-state index in [4.69, 9.17) is 11.6 Å². The van der Waals surface area contributed by atoms with Gasteiger partial charge in [0.2, 0.25) is 0 Å². The van der Waals surface area contributed by atoms with Gasteiger partial charge in [-0.2, -0.15) is 5.10 Å². The summed E-state index contributed by atoms with van der Waals surface area (Å²) in [4.78, 5) is 2.20. The maximum atomic E-state index is 6.04. The van der Waals surface area contributed by atoms with Gasteiger partial charge in [-0.1, -0.05) is 29.8 Å². The first-order valence-corrected chi connectivity index (χ1v) is 6.91. The molecule has 0 aliphatic carbocycles. The summed E-state index contributed by atoms with van der Waals surface area (Å²) in [6.07, 6.45) is 0. The number of aromatic nitrogens is 2. The van der Waals surface area contributed by atoms with Crippen LogP contribution in [0.15, 0.2) is 24.3 Å². The lowest BCUT2D eigenvalue weighted by molar-refractivity contribution is 0.726. The lowest BCUT2D eigenvalue weighted by Crippen LogP contribution is -2.20. The SMILES string of the molecule is Cc1cccc(CN(C)c2c(CCl)c(C)nn2C)c1. The molecule has 0 amide bonds. The maximum Gasteiger partial charge on any atom is 0.131 e. The molecule has 0 N–H and O–H groups in total. The van der Waals surface area contributed by atoms with Gasteiger partial charge in [0.15, 0.2) is 0 Å². The first-order valence-electron chi connectivity index (χ1n) is 6.38. The van der Waals surface area contributed by atoms with Crippen molar-refractivity contribution < 1.29 is 0 Å². The molecule has 0 atom stereocenters. The number of hydrogen-bond acceptors (Lipinski definition) is 2. The Balaban J connectivity index is 2.27. The summed E-state index contributed by atoms with van der Waals surface area (Å²) in [6, 6.07) is 8.56. The van der Waals surface area contributed by atoms with Gasteiger partial charge < -0.3 is 4.90 Å². The van der Waals surface area contributed by atoms with E-state index in [1.165, 1.54) is 11.1 Å². The van der Waals surface area contributed by atoms with Gasteiger partial charge in [-0.25, -0.2) is 0 Å². The highest BCUT2D eigenvalue weighted by molar-refractivity contribution is 6.17. The highest BCUT2D eigenvalue weighted by atomic mass is 35.5. The highest BCUT2D eigenvalue weighted by Gasteiger charge is 2.16. The molecule has 1 heterocycles. The number of benzene rings is 1. The Morgan fingerprint density at radius 2 is 2.05 bits per heavy atom. The van der Waals surface area contributed by atoms with Gasteiger partial charge in [0.1, 0.15) is 5.82 Å². The van der Waals surface area contributed by atoms with Gasteiger partial charge in [-0.15, -0.1) is 11.6 Å². The number of alkyl halides is 1. The van der Waals surface area contributed by atoms with E-state index in [-0.39, 0.29) is 0 Å². The average Bonchev–Trinajstić information content (AvgIpc) is 2.63. The Kier molecular flexibility index (Phi) is 4.15. The Hall–Kier alpha value is -1.48. The van der Waals surface area contributed by atoms with Crippen molar-refractivity contribution in [2.45, 2.75) is 26.3 Å². The topological polar surface area (TPSA) is 21.1 Å². The Morgan fingerprint density at radius 1 is 1.32 bits per heavy atom. The number of nitrogens with zero attached hydrogens (tertiary/aromatic N) is 3. The summed E-state index contributed by atoms with van der Waals surface area (Å²) in [7, 11) is 4.04. The summed E-state index contributed by atoms with van der Waals surface area (Å²) in [5, 5.41) is 4.45. The van der Waals surface area contributed by atoms with Crippen LogP contribution in [-0.2, 0) is 19.5 Å². The molecule has 19 heavy (non-hydrogen) atoms. The molecular formula is C15H20ClN3. The Labute approximate surface area is 119 Å². The van der Waals surface area contributed by atoms with E-state index in [1.54, 1.807) is 0 Å². The molecule has 3 nitrogen and oxygen atoms in total. The zero-order valence-corrected chi connectivity index (χ0v) is 12.7. The number of aryl methyl sites for hydroxylation is 3. The Morgan fingerprint density at radius 3 is 2.68 bits per heavy atom. The van der Waals surface area contributed by atoms with E-state index in [9.17, 15) is 0 Å². The molecule has 0 aliphatic heterocycles. The molecule has 4 heteroatoms. The van der Waals surface area contributed by atoms with E-state index < -0.39 is 0 Å². The van der Waals surface area contributed by atoms with Crippen molar-refractivity contribution in [1.82, 2.24) is 9.78 Å². The Bertz CT molecular complexity index is 575. The van der Waals surface area contributed by atoms with Crippen molar-refractivity contribution in [3.05, 3.63) is 46.6 Å². The van der Waals surface area contributed by atoms with Crippen LogP contribution in [0, 0.1) is 13.8 Å². The summed E-state index contributed by atoms with van der Waals surface area (Å²) in [5.41, 5.74) is 4.69. The summed E-state index contributed by atoms with van der Waals surface area (Å²) < 4.78 is 1.91. The molecule has 1 aromatic heterocycles. The quantitative estimate of drug-likeness (QED) is 0.799. The smallest absolute Gasteiger partial charge is 0.131 e. The normalized spacial score (nSPS) is 10.8. The maximum absolute atomic E-state index is 6.04. The van der Waals surface area contributed by atoms with Crippen LogP contribution >= 0.6 is 11.6 Å². The fraction of sp³-hybridized carbons (Fsp3) is 0.400. The first-order chi connectivity index (χ1) is 9.02. The number of rotatable bonds is 4. The predicted molar refractivity (Wildman–Crippen MR) is 80.8 cm³/mol. The molecular weight excluding hydrogens is 258 g/mol. The molecule has 2 aromatic rings. The minimum absolute atomic E-state index is 0.493. The molecule has 0 saturated heterocycles. The van der Waals surface area contributed by atoms with Crippen LogP contribution in [0.2, 0.25) is 0 Å². The van der Waals surface area contributed by atoms with Crippen LogP contribution < -0.4 is 4.90 Å². The van der Waals surface area contributed by atoms with E-state index in [0.717, 1.165) is 23.6 Å². The number of halogens is 1. The lowest BCUT2D eigenvalue weighted by atomic mass is 10.1. The largest absolute Gasteiger partial charge is 0.355 e. The minimum Gasteiger partial charge on any atom is -0.355 e. The molecule has 0 spiro atoms. The highest BCUT2D eigenvalue weighted by Crippen LogP contribution is 2.25. The van der Waals surface area contributed by atoms with E-state index >= 15 is 0 Å². The second kappa shape index (κ2) is 5.66. The average molecular weight is 278 g/mol. The second-order valence-corrected chi connectivity index (χ2v) is 5.26. The van der Waals surface area contributed by atoms with Crippen molar-refractivity contribution in [2.24, 2.45) is 7.05 Å². The van der Waals surface area contributed by atoms with Gasteiger partial charge in [-0.3, -0.25) is 4.68 Å². The van der Waals surface area contributed by atoms with Gasteiger partial charge in [0.25, 0.3) is 0 Å². The summed E-state index contributed by atoms with van der Waals surface area (Å²) >= 11 is 6.04. The number of hydrogen-bond donors (Lipinski definition) is 0. The van der Waals surface area contributed by atoms with Crippen LogP contribution in [0.5, 0.6) is 0 Å². The molecule has 0 fully saturated rings. The van der Waals surface area contributed by atoms with E-state index in [1.807, 2.05) is 18.7 Å². The second-order valence-electron chi connectivity index (χ2n) is 4.99. The van der Waals surface area contributed by atoms with Crippen molar-refractivity contribution >= 4 is 17.4 Å². The fourth-order valence-corrected chi connectivity index (χ4v) is 2.80. The van der Waals surface area contributed by atoms with Gasteiger partial charge >= 0.3 is 0 Å². The standard InChI is InChI=1S/C15H20ClN3/c1-11-6-5-7-13(8-11)10-18(3)15-14(9-16)12(2)17-19(15)4/h5-8H,9-10H2,1-4H3. The van der Waals surface area contributed by atoms with Crippen LogP contribution in [0.25, 0.3) is 0 Å². The van der Waals surface area contributed by atoms with Crippen molar-refractivity contribution in [1.29, 1.82) is 0 Å². The molecule has 0 bridgehead atoms. The van der Waals surface area contributed by atoms with Crippen LogP contribution in [0.3, 0.4) is 0 Å². The van der Waals surface area contributed by atoms with Crippen molar-refractivity contribution in [3.8, 4) is 0 Å². The zero-order valence-electron chi connectivity index (χ0n) is 11.9. The lowest BCUT2D eigenvalue weighted by Gasteiger charge is -2.21. The number of anilines is 1. The molecule has 102 valence electrons. The van der Waals surface area contributed by atoms with Crippen LogP contribution in [0.1, 0.15) is 22.4 Å². The van der Waals surface area contributed by atoms with Crippen molar-refractivity contribution in [2.75, 3.05) is 11.9 Å². The zero-order chi connectivity index (χ0) is 14.0. The fourth-order valence-electron chi connectivity index (χ4n) is 2.48. The van der Waals surface area contributed by atoms with Gasteiger partial charge in [-0.05, 0) is 19.4 Å². The predicted octanol–water partition coefficient (Wildman–Crippen LogP) is 3.41. The monoisotopic (exact) mass is 277 g/mol. The third-order valence-electron chi connectivity index (χ3n) is 3.31. The third-order valence-corrected chi connectivity index (χ3v) is 3.58. The van der Waals surface area contributed by atoms with Crippen molar-refractivity contribution in [3.63, 3.8) is 0 Å².